The summed E-state index contributed by atoms with van der Waals surface area (Å²) in [7, 11) is 0. The molecule has 2 fully saturated rings. The van der Waals surface area contributed by atoms with E-state index in [1.54, 1.807) is 12.1 Å². The zero-order valence-corrected chi connectivity index (χ0v) is 11.1. The SMILES string of the molecule is Cc1ccc(C(=O)C(=O)OC2CC3CCC2C3)cc1. The molecule has 2 saturated carbocycles. The number of ether oxygens (including phenoxy) is 1. The van der Waals surface area contributed by atoms with Gasteiger partial charge in [-0.3, -0.25) is 4.79 Å². The van der Waals surface area contributed by atoms with E-state index in [0.29, 0.717) is 17.4 Å². The summed E-state index contributed by atoms with van der Waals surface area (Å²) in [6, 6.07) is 7.02. The zero-order valence-electron chi connectivity index (χ0n) is 11.1. The largest absolute Gasteiger partial charge is 0.456 e. The molecule has 0 amide bonds. The molecule has 3 atom stereocenters. The molecular formula is C16H18O3. The molecule has 0 saturated heterocycles. The van der Waals surface area contributed by atoms with E-state index in [2.05, 4.69) is 0 Å². The Hall–Kier alpha value is -1.64. The molecule has 3 rings (SSSR count). The van der Waals surface area contributed by atoms with Crippen LogP contribution in [-0.2, 0) is 9.53 Å². The molecule has 3 nitrogen and oxygen atoms in total. The highest BCUT2D eigenvalue weighted by Crippen LogP contribution is 2.45. The highest BCUT2D eigenvalue weighted by molar-refractivity contribution is 6.40. The Bertz CT molecular complexity index is 503. The lowest BCUT2D eigenvalue weighted by Gasteiger charge is -2.21. The van der Waals surface area contributed by atoms with Gasteiger partial charge in [0.2, 0.25) is 0 Å². The van der Waals surface area contributed by atoms with Crippen LogP contribution in [0.25, 0.3) is 0 Å². The Morgan fingerprint density at radius 1 is 1.11 bits per heavy atom. The van der Waals surface area contributed by atoms with Crippen LogP contribution < -0.4 is 0 Å². The number of hydrogen-bond acceptors (Lipinski definition) is 3. The van der Waals surface area contributed by atoms with Gasteiger partial charge in [0.15, 0.2) is 0 Å². The fourth-order valence-corrected chi connectivity index (χ4v) is 3.34. The van der Waals surface area contributed by atoms with Crippen molar-refractivity contribution in [2.45, 2.75) is 38.7 Å². The quantitative estimate of drug-likeness (QED) is 0.475. The minimum atomic E-state index is -0.693. The lowest BCUT2D eigenvalue weighted by atomic mass is 9.97. The summed E-state index contributed by atoms with van der Waals surface area (Å²) >= 11 is 0. The molecule has 1 aromatic rings. The van der Waals surface area contributed by atoms with Gasteiger partial charge < -0.3 is 4.74 Å². The molecule has 0 aliphatic heterocycles. The molecule has 2 aliphatic carbocycles. The lowest BCUT2D eigenvalue weighted by molar-refractivity contribution is -0.145. The first kappa shape index (κ1) is 12.4. The Morgan fingerprint density at radius 2 is 1.84 bits per heavy atom. The summed E-state index contributed by atoms with van der Waals surface area (Å²) in [6.45, 7) is 1.95. The average Bonchev–Trinajstić information content (AvgIpc) is 3.01. The number of benzene rings is 1. The minimum Gasteiger partial charge on any atom is -0.456 e. The maximum atomic E-state index is 12.0. The van der Waals surface area contributed by atoms with Crippen LogP contribution in [0.1, 0.15) is 41.6 Å². The number of esters is 1. The summed E-state index contributed by atoms with van der Waals surface area (Å²) < 4.78 is 5.40. The van der Waals surface area contributed by atoms with Gasteiger partial charge in [0.25, 0.3) is 5.78 Å². The standard InChI is InChI=1S/C16H18O3/c1-10-2-5-12(6-3-10)15(17)16(18)19-14-9-11-4-7-13(14)8-11/h2-3,5-6,11,13-14H,4,7-9H2,1H3. The molecular weight excluding hydrogens is 240 g/mol. The van der Waals surface area contributed by atoms with Gasteiger partial charge in [0.05, 0.1) is 0 Å². The molecule has 3 heteroatoms. The third kappa shape index (κ3) is 2.42. The van der Waals surface area contributed by atoms with E-state index in [9.17, 15) is 9.59 Å². The topological polar surface area (TPSA) is 43.4 Å². The van der Waals surface area contributed by atoms with Crippen molar-refractivity contribution in [3.05, 3.63) is 35.4 Å². The molecule has 0 spiro atoms. The van der Waals surface area contributed by atoms with Crippen molar-refractivity contribution >= 4 is 11.8 Å². The molecule has 100 valence electrons. The van der Waals surface area contributed by atoms with Gasteiger partial charge in [-0.1, -0.05) is 29.8 Å². The van der Waals surface area contributed by atoms with Gasteiger partial charge >= 0.3 is 5.97 Å². The number of carbonyl (C=O) groups excluding carboxylic acids is 2. The monoisotopic (exact) mass is 258 g/mol. The summed E-state index contributed by atoms with van der Waals surface area (Å²) in [5.74, 6) is -0.0266. The molecule has 0 N–H and O–H groups in total. The third-order valence-corrected chi connectivity index (χ3v) is 4.43. The molecule has 1 aromatic carbocycles. The molecule has 3 unspecified atom stereocenters. The Morgan fingerprint density at radius 3 is 2.42 bits per heavy atom. The van der Waals surface area contributed by atoms with Crippen LogP contribution in [0.5, 0.6) is 0 Å². The van der Waals surface area contributed by atoms with Crippen molar-refractivity contribution in [2.75, 3.05) is 0 Å². The second-order valence-corrected chi connectivity index (χ2v) is 5.81. The van der Waals surface area contributed by atoms with Gasteiger partial charge in [-0.25, -0.2) is 4.79 Å². The van der Waals surface area contributed by atoms with Crippen molar-refractivity contribution < 1.29 is 14.3 Å². The zero-order chi connectivity index (χ0) is 13.4. The van der Waals surface area contributed by atoms with E-state index >= 15 is 0 Å². The number of carbonyl (C=O) groups is 2. The van der Waals surface area contributed by atoms with Crippen molar-refractivity contribution in [1.82, 2.24) is 0 Å². The van der Waals surface area contributed by atoms with E-state index in [0.717, 1.165) is 24.8 Å². The molecule has 0 aromatic heterocycles. The van der Waals surface area contributed by atoms with Gasteiger partial charge in [-0.15, -0.1) is 0 Å². The molecule has 0 heterocycles. The van der Waals surface area contributed by atoms with Crippen LogP contribution in [0.4, 0.5) is 0 Å². The highest BCUT2D eigenvalue weighted by atomic mass is 16.5. The summed E-state index contributed by atoms with van der Waals surface area (Å²) in [6.07, 6.45) is 4.47. The highest BCUT2D eigenvalue weighted by Gasteiger charge is 2.42. The summed E-state index contributed by atoms with van der Waals surface area (Å²) in [5, 5.41) is 0. The van der Waals surface area contributed by atoms with E-state index in [4.69, 9.17) is 4.74 Å². The minimum absolute atomic E-state index is 0.0272. The Labute approximate surface area is 113 Å². The number of rotatable bonds is 3. The van der Waals surface area contributed by atoms with Crippen molar-refractivity contribution in [2.24, 2.45) is 11.8 Å². The van der Waals surface area contributed by atoms with Crippen LogP contribution in [0.15, 0.2) is 24.3 Å². The maximum absolute atomic E-state index is 12.0. The van der Waals surface area contributed by atoms with Gasteiger partial charge in [-0.2, -0.15) is 0 Å². The molecule has 0 radical (unpaired) electrons. The average molecular weight is 258 g/mol. The van der Waals surface area contributed by atoms with Crippen molar-refractivity contribution in [3.63, 3.8) is 0 Å². The van der Waals surface area contributed by atoms with Gasteiger partial charge in [0, 0.05) is 5.56 Å². The van der Waals surface area contributed by atoms with Crippen LogP contribution in [-0.4, -0.2) is 17.9 Å². The van der Waals surface area contributed by atoms with E-state index in [-0.39, 0.29) is 6.10 Å². The second-order valence-electron chi connectivity index (χ2n) is 5.81. The van der Waals surface area contributed by atoms with Crippen LogP contribution in [0, 0.1) is 18.8 Å². The van der Waals surface area contributed by atoms with Crippen molar-refractivity contribution in [1.29, 1.82) is 0 Å². The molecule has 2 aliphatic rings. The number of Topliss-reactive ketones (excluding diaryl/α,β-unsaturated/α-hetero) is 1. The predicted molar refractivity (Wildman–Crippen MR) is 70.8 cm³/mol. The van der Waals surface area contributed by atoms with E-state index in [1.165, 1.54) is 6.42 Å². The second kappa shape index (κ2) is 4.80. The fourth-order valence-electron chi connectivity index (χ4n) is 3.34. The van der Waals surface area contributed by atoms with Crippen molar-refractivity contribution in [3.8, 4) is 0 Å². The van der Waals surface area contributed by atoms with Gasteiger partial charge in [0.1, 0.15) is 6.10 Å². The van der Waals surface area contributed by atoms with Crippen LogP contribution in [0.3, 0.4) is 0 Å². The molecule has 2 bridgehead atoms. The normalized spacial score (nSPS) is 28.4. The van der Waals surface area contributed by atoms with Crippen LogP contribution >= 0.6 is 0 Å². The maximum Gasteiger partial charge on any atom is 0.379 e. The third-order valence-electron chi connectivity index (χ3n) is 4.43. The number of hydrogen-bond donors (Lipinski definition) is 0. The van der Waals surface area contributed by atoms with Gasteiger partial charge in [-0.05, 0) is 44.4 Å². The fraction of sp³-hybridized carbons (Fsp3) is 0.500. The van der Waals surface area contributed by atoms with E-state index < -0.39 is 11.8 Å². The first-order valence-corrected chi connectivity index (χ1v) is 6.95. The number of aryl methyl sites for hydroxylation is 1. The summed E-state index contributed by atoms with van der Waals surface area (Å²) in [5.41, 5.74) is 1.48. The number of ketones is 1. The van der Waals surface area contributed by atoms with Crippen LogP contribution in [0.2, 0.25) is 0 Å². The first-order chi connectivity index (χ1) is 9.13. The first-order valence-electron chi connectivity index (χ1n) is 6.95. The Balaban J connectivity index is 1.64. The smallest absolute Gasteiger partial charge is 0.379 e. The molecule has 19 heavy (non-hydrogen) atoms. The lowest BCUT2D eigenvalue weighted by Crippen LogP contribution is -2.28. The predicted octanol–water partition coefficient (Wildman–Crippen LogP) is 2.91. The van der Waals surface area contributed by atoms with E-state index in [1.807, 2.05) is 19.1 Å². The Kier molecular flexibility index (Phi) is 3.13. The summed E-state index contributed by atoms with van der Waals surface area (Å²) in [4.78, 5) is 23.9. The number of fused-ring (bicyclic) bond motifs is 2.